The Balaban J connectivity index is 1.63. The SMILES string of the molecule is Cc1nc2ccccc2nc1NCCCn1ccnc1. The van der Waals surface area contributed by atoms with Gasteiger partial charge in [0.25, 0.3) is 0 Å². The van der Waals surface area contributed by atoms with Gasteiger partial charge in [-0.25, -0.2) is 15.0 Å². The summed E-state index contributed by atoms with van der Waals surface area (Å²) in [7, 11) is 0. The number of rotatable bonds is 5. The van der Waals surface area contributed by atoms with Gasteiger partial charge < -0.3 is 9.88 Å². The molecule has 0 aliphatic carbocycles. The first kappa shape index (κ1) is 12.6. The predicted octanol–water partition coefficient (Wildman–Crippen LogP) is 2.64. The molecule has 3 rings (SSSR count). The lowest BCUT2D eigenvalue weighted by molar-refractivity contribution is 0.660. The van der Waals surface area contributed by atoms with E-state index in [-0.39, 0.29) is 0 Å². The number of nitrogens with one attached hydrogen (secondary N) is 1. The predicted molar refractivity (Wildman–Crippen MR) is 79.6 cm³/mol. The molecule has 5 nitrogen and oxygen atoms in total. The number of fused-ring (bicyclic) bond motifs is 1. The summed E-state index contributed by atoms with van der Waals surface area (Å²) in [5, 5.41) is 3.36. The van der Waals surface area contributed by atoms with Crippen molar-refractivity contribution in [1.29, 1.82) is 0 Å². The average Bonchev–Trinajstić information content (AvgIpc) is 2.97. The summed E-state index contributed by atoms with van der Waals surface area (Å²) in [5.41, 5.74) is 2.80. The van der Waals surface area contributed by atoms with Gasteiger partial charge in [-0.15, -0.1) is 0 Å². The molecule has 0 radical (unpaired) electrons. The van der Waals surface area contributed by atoms with Crippen molar-refractivity contribution in [2.45, 2.75) is 19.9 Å². The molecule has 0 aliphatic rings. The van der Waals surface area contributed by atoms with Crippen molar-refractivity contribution in [3.63, 3.8) is 0 Å². The number of para-hydroxylation sites is 2. The van der Waals surface area contributed by atoms with E-state index in [9.17, 15) is 0 Å². The second-order valence-electron chi connectivity index (χ2n) is 4.73. The summed E-state index contributed by atoms with van der Waals surface area (Å²) in [6.07, 6.45) is 6.62. The highest BCUT2D eigenvalue weighted by Gasteiger charge is 2.03. The van der Waals surface area contributed by atoms with Gasteiger partial charge in [0, 0.05) is 25.5 Å². The van der Waals surface area contributed by atoms with E-state index in [1.165, 1.54) is 0 Å². The third-order valence-corrected chi connectivity index (χ3v) is 3.19. The Morgan fingerprint density at radius 2 is 1.95 bits per heavy atom. The third-order valence-electron chi connectivity index (χ3n) is 3.19. The van der Waals surface area contributed by atoms with Crippen molar-refractivity contribution in [2.24, 2.45) is 0 Å². The molecule has 1 N–H and O–H groups in total. The van der Waals surface area contributed by atoms with Gasteiger partial charge >= 0.3 is 0 Å². The second-order valence-corrected chi connectivity index (χ2v) is 4.73. The zero-order valence-corrected chi connectivity index (χ0v) is 11.5. The number of aromatic nitrogens is 4. The molecule has 102 valence electrons. The summed E-state index contributed by atoms with van der Waals surface area (Å²) in [6.45, 7) is 3.80. The fourth-order valence-electron chi connectivity index (χ4n) is 2.14. The van der Waals surface area contributed by atoms with Gasteiger partial charge in [-0.05, 0) is 25.5 Å². The minimum Gasteiger partial charge on any atom is -0.368 e. The zero-order chi connectivity index (χ0) is 13.8. The van der Waals surface area contributed by atoms with E-state index in [0.29, 0.717) is 0 Å². The highest BCUT2D eigenvalue weighted by Crippen LogP contribution is 2.15. The van der Waals surface area contributed by atoms with Crippen LogP contribution in [0, 0.1) is 6.92 Å². The molecule has 5 heteroatoms. The normalized spacial score (nSPS) is 10.8. The van der Waals surface area contributed by atoms with Crippen molar-refractivity contribution in [2.75, 3.05) is 11.9 Å². The van der Waals surface area contributed by atoms with E-state index in [2.05, 4.69) is 24.8 Å². The van der Waals surface area contributed by atoms with Crippen LogP contribution >= 0.6 is 0 Å². The smallest absolute Gasteiger partial charge is 0.148 e. The van der Waals surface area contributed by atoms with Gasteiger partial charge in [0.1, 0.15) is 5.82 Å². The Morgan fingerprint density at radius 3 is 2.70 bits per heavy atom. The first-order chi connectivity index (χ1) is 9.83. The summed E-state index contributed by atoms with van der Waals surface area (Å²) in [4.78, 5) is 13.2. The van der Waals surface area contributed by atoms with E-state index in [4.69, 9.17) is 0 Å². The molecule has 0 unspecified atom stereocenters. The van der Waals surface area contributed by atoms with Gasteiger partial charge in [0.05, 0.1) is 23.1 Å². The molecule has 0 amide bonds. The van der Waals surface area contributed by atoms with Crippen LogP contribution in [0.4, 0.5) is 5.82 Å². The van der Waals surface area contributed by atoms with Crippen molar-refractivity contribution < 1.29 is 0 Å². The highest BCUT2D eigenvalue weighted by atomic mass is 15.0. The number of hydrogen-bond acceptors (Lipinski definition) is 4. The highest BCUT2D eigenvalue weighted by molar-refractivity contribution is 5.76. The van der Waals surface area contributed by atoms with Crippen molar-refractivity contribution in [3.8, 4) is 0 Å². The second kappa shape index (κ2) is 5.69. The Hall–Kier alpha value is -2.43. The molecule has 0 aliphatic heterocycles. The summed E-state index contributed by atoms with van der Waals surface area (Å²) in [6, 6.07) is 7.93. The number of aryl methyl sites for hydroxylation is 2. The lowest BCUT2D eigenvalue weighted by atomic mass is 10.3. The van der Waals surface area contributed by atoms with E-state index in [1.54, 1.807) is 6.20 Å². The first-order valence-electron chi connectivity index (χ1n) is 6.76. The van der Waals surface area contributed by atoms with Crippen molar-refractivity contribution in [1.82, 2.24) is 19.5 Å². The number of benzene rings is 1. The fraction of sp³-hybridized carbons (Fsp3) is 0.267. The summed E-state index contributed by atoms with van der Waals surface area (Å²) < 4.78 is 2.07. The van der Waals surface area contributed by atoms with Crippen LogP contribution in [0.5, 0.6) is 0 Å². The van der Waals surface area contributed by atoms with Gasteiger partial charge in [-0.2, -0.15) is 0 Å². The van der Waals surface area contributed by atoms with Gasteiger partial charge in [0.2, 0.25) is 0 Å². The van der Waals surface area contributed by atoms with Crippen LogP contribution in [-0.2, 0) is 6.54 Å². The van der Waals surface area contributed by atoms with Crippen LogP contribution in [0.15, 0.2) is 43.0 Å². The van der Waals surface area contributed by atoms with Crippen molar-refractivity contribution >= 4 is 16.9 Å². The molecule has 3 aromatic rings. The maximum absolute atomic E-state index is 4.62. The van der Waals surface area contributed by atoms with Crippen LogP contribution in [0.3, 0.4) is 0 Å². The van der Waals surface area contributed by atoms with Gasteiger partial charge in [-0.3, -0.25) is 0 Å². The van der Waals surface area contributed by atoms with Crippen LogP contribution in [-0.4, -0.2) is 26.1 Å². The third kappa shape index (κ3) is 2.77. The van der Waals surface area contributed by atoms with Crippen LogP contribution in [0.2, 0.25) is 0 Å². The molecular weight excluding hydrogens is 250 g/mol. The number of hydrogen-bond donors (Lipinski definition) is 1. The van der Waals surface area contributed by atoms with Crippen LogP contribution < -0.4 is 5.32 Å². The molecule has 20 heavy (non-hydrogen) atoms. The Kier molecular flexibility index (Phi) is 3.58. The monoisotopic (exact) mass is 267 g/mol. The fourth-order valence-corrected chi connectivity index (χ4v) is 2.14. The lowest BCUT2D eigenvalue weighted by Gasteiger charge is -2.09. The summed E-state index contributed by atoms with van der Waals surface area (Å²) in [5.74, 6) is 0.870. The first-order valence-corrected chi connectivity index (χ1v) is 6.76. The zero-order valence-electron chi connectivity index (χ0n) is 11.5. The number of anilines is 1. The Bertz CT molecular complexity index is 691. The van der Waals surface area contributed by atoms with E-state index in [0.717, 1.165) is 42.1 Å². The van der Waals surface area contributed by atoms with Crippen LogP contribution in [0.25, 0.3) is 11.0 Å². The average molecular weight is 267 g/mol. The number of imidazole rings is 1. The van der Waals surface area contributed by atoms with E-state index >= 15 is 0 Å². The maximum atomic E-state index is 4.62. The standard InChI is InChI=1S/C15H17N5/c1-12-15(17-7-4-9-20-10-8-16-11-20)19-14-6-3-2-5-13(14)18-12/h2-3,5-6,8,10-11H,4,7,9H2,1H3,(H,17,19). The molecule has 0 bridgehead atoms. The molecule has 0 spiro atoms. The summed E-state index contributed by atoms with van der Waals surface area (Å²) >= 11 is 0. The molecule has 0 fully saturated rings. The Labute approximate surface area is 117 Å². The minimum absolute atomic E-state index is 0.867. The molecule has 0 saturated carbocycles. The quantitative estimate of drug-likeness (QED) is 0.722. The maximum Gasteiger partial charge on any atom is 0.148 e. The molecule has 2 aromatic heterocycles. The molecule has 0 atom stereocenters. The Morgan fingerprint density at radius 1 is 1.15 bits per heavy atom. The molecule has 1 aromatic carbocycles. The largest absolute Gasteiger partial charge is 0.368 e. The van der Waals surface area contributed by atoms with Crippen molar-refractivity contribution in [3.05, 3.63) is 48.7 Å². The topological polar surface area (TPSA) is 55.6 Å². The van der Waals surface area contributed by atoms with Gasteiger partial charge in [0.15, 0.2) is 0 Å². The van der Waals surface area contributed by atoms with Gasteiger partial charge in [-0.1, -0.05) is 12.1 Å². The molecule has 0 saturated heterocycles. The van der Waals surface area contributed by atoms with E-state index < -0.39 is 0 Å². The minimum atomic E-state index is 0.867. The van der Waals surface area contributed by atoms with E-state index in [1.807, 2.05) is 43.7 Å². The lowest BCUT2D eigenvalue weighted by Crippen LogP contribution is -2.09. The molecular formula is C15H17N5. The van der Waals surface area contributed by atoms with Crippen LogP contribution in [0.1, 0.15) is 12.1 Å². The number of nitrogens with zero attached hydrogens (tertiary/aromatic N) is 4. The molecule has 2 heterocycles.